The molecule has 1 aliphatic rings. The Labute approximate surface area is 133 Å². The number of hydrazone groups is 1. The molecule has 1 aromatic rings. The van der Waals surface area contributed by atoms with E-state index in [2.05, 4.69) is 15.8 Å². The zero-order valence-electron chi connectivity index (χ0n) is 12.4. The van der Waals surface area contributed by atoms with Gasteiger partial charge in [0, 0.05) is 18.0 Å². The van der Waals surface area contributed by atoms with Crippen LogP contribution in [0.1, 0.15) is 18.4 Å². The summed E-state index contributed by atoms with van der Waals surface area (Å²) in [6.45, 7) is 1.07. The minimum Gasteiger partial charge on any atom is -0.376 e. The average molecular weight is 321 g/mol. The maximum atomic E-state index is 11.6. The first-order chi connectivity index (χ1) is 10.7. The van der Waals surface area contributed by atoms with E-state index in [1.54, 1.807) is 11.8 Å². The molecule has 0 radical (unpaired) electrons. The molecule has 2 N–H and O–H groups in total. The van der Waals surface area contributed by atoms with Gasteiger partial charge in [-0.3, -0.25) is 9.59 Å². The Morgan fingerprint density at radius 3 is 2.77 bits per heavy atom. The topological polar surface area (TPSA) is 79.8 Å². The van der Waals surface area contributed by atoms with Crippen molar-refractivity contribution in [3.8, 4) is 0 Å². The number of amides is 2. The van der Waals surface area contributed by atoms with Gasteiger partial charge in [0.25, 0.3) is 0 Å². The van der Waals surface area contributed by atoms with E-state index in [-0.39, 0.29) is 6.10 Å². The van der Waals surface area contributed by atoms with Crippen LogP contribution in [0.15, 0.2) is 34.3 Å². The van der Waals surface area contributed by atoms with Gasteiger partial charge in [-0.1, -0.05) is 12.1 Å². The van der Waals surface area contributed by atoms with Crippen LogP contribution in [-0.2, 0) is 14.3 Å². The Kier molecular flexibility index (Phi) is 6.42. The van der Waals surface area contributed by atoms with E-state index in [9.17, 15) is 9.59 Å². The Morgan fingerprint density at radius 1 is 1.36 bits per heavy atom. The quantitative estimate of drug-likeness (QED) is 0.369. The van der Waals surface area contributed by atoms with Gasteiger partial charge < -0.3 is 10.1 Å². The molecule has 7 heteroatoms. The van der Waals surface area contributed by atoms with Gasteiger partial charge in [0.15, 0.2) is 0 Å². The molecule has 1 atom stereocenters. The lowest BCUT2D eigenvalue weighted by Crippen LogP contribution is -2.41. The third kappa shape index (κ3) is 5.16. The van der Waals surface area contributed by atoms with Gasteiger partial charge in [-0.2, -0.15) is 5.10 Å². The highest BCUT2D eigenvalue weighted by Gasteiger charge is 2.18. The highest BCUT2D eigenvalue weighted by atomic mass is 32.2. The van der Waals surface area contributed by atoms with Crippen molar-refractivity contribution in [1.82, 2.24) is 10.7 Å². The SMILES string of the molecule is CSc1ccc(/C=N\NC(=O)C(=O)NC[C@@H]2CCCO2)cc1. The summed E-state index contributed by atoms with van der Waals surface area (Å²) in [4.78, 5) is 24.3. The third-order valence-electron chi connectivity index (χ3n) is 3.22. The third-order valence-corrected chi connectivity index (χ3v) is 3.96. The summed E-state index contributed by atoms with van der Waals surface area (Å²) in [5.74, 6) is -1.49. The lowest BCUT2D eigenvalue weighted by molar-refractivity contribution is -0.139. The molecule has 2 amide bonds. The predicted octanol–water partition coefficient (Wildman–Crippen LogP) is 1.15. The van der Waals surface area contributed by atoms with E-state index >= 15 is 0 Å². The van der Waals surface area contributed by atoms with Crippen LogP contribution in [0, 0.1) is 0 Å². The van der Waals surface area contributed by atoms with Gasteiger partial charge in [0.05, 0.1) is 12.3 Å². The number of hydrogen-bond donors (Lipinski definition) is 2. The largest absolute Gasteiger partial charge is 0.376 e. The molecule has 2 rings (SSSR count). The summed E-state index contributed by atoms with van der Waals surface area (Å²) in [6.07, 6.45) is 5.40. The van der Waals surface area contributed by atoms with Crippen molar-refractivity contribution in [2.45, 2.75) is 23.8 Å². The zero-order valence-corrected chi connectivity index (χ0v) is 13.2. The normalized spacial score (nSPS) is 17.6. The number of thioether (sulfide) groups is 1. The van der Waals surface area contributed by atoms with Gasteiger partial charge in [-0.15, -0.1) is 11.8 Å². The molecule has 1 heterocycles. The Hall–Kier alpha value is -1.86. The second kappa shape index (κ2) is 8.55. The maximum Gasteiger partial charge on any atom is 0.329 e. The predicted molar refractivity (Wildman–Crippen MR) is 85.9 cm³/mol. The van der Waals surface area contributed by atoms with Crippen LogP contribution in [0.2, 0.25) is 0 Å². The van der Waals surface area contributed by atoms with E-state index in [1.165, 1.54) is 6.21 Å². The minimum atomic E-state index is -0.782. The Morgan fingerprint density at radius 2 is 2.14 bits per heavy atom. The number of nitrogens with zero attached hydrogens (tertiary/aromatic N) is 1. The monoisotopic (exact) mass is 321 g/mol. The number of benzene rings is 1. The molecule has 6 nitrogen and oxygen atoms in total. The summed E-state index contributed by atoms with van der Waals surface area (Å²) in [6, 6.07) is 7.70. The van der Waals surface area contributed by atoms with E-state index < -0.39 is 11.8 Å². The van der Waals surface area contributed by atoms with Crippen molar-refractivity contribution in [3.63, 3.8) is 0 Å². The molecular formula is C15H19N3O3S. The van der Waals surface area contributed by atoms with Crippen LogP contribution in [0.3, 0.4) is 0 Å². The van der Waals surface area contributed by atoms with Gasteiger partial charge in [-0.05, 0) is 36.8 Å². The highest BCUT2D eigenvalue weighted by molar-refractivity contribution is 7.98. The van der Waals surface area contributed by atoms with Crippen molar-refractivity contribution in [3.05, 3.63) is 29.8 Å². The van der Waals surface area contributed by atoms with Crippen LogP contribution >= 0.6 is 11.8 Å². The molecule has 1 aliphatic heterocycles. The van der Waals surface area contributed by atoms with Crippen LogP contribution in [0.25, 0.3) is 0 Å². The molecule has 0 aliphatic carbocycles. The smallest absolute Gasteiger partial charge is 0.329 e. The van der Waals surface area contributed by atoms with Crippen molar-refractivity contribution in [1.29, 1.82) is 0 Å². The van der Waals surface area contributed by atoms with Crippen molar-refractivity contribution in [2.24, 2.45) is 5.10 Å². The zero-order chi connectivity index (χ0) is 15.8. The van der Waals surface area contributed by atoms with Gasteiger partial charge >= 0.3 is 11.8 Å². The first-order valence-electron chi connectivity index (χ1n) is 7.06. The number of rotatable bonds is 5. The Balaban J connectivity index is 1.73. The van der Waals surface area contributed by atoms with Gasteiger partial charge in [-0.25, -0.2) is 5.43 Å². The number of carbonyl (C=O) groups excluding carboxylic acids is 2. The fourth-order valence-electron chi connectivity index (χ4n) is 2.00. The minimum absolute atomic E-state index is 0.00945. The standard InChI is InChI=1S/C15H19N3O3S/c1-22-13-6-4-11(5-7-13)9-17-18-15(20)14(19)16-10-12-3-2-8-21-12/h4-7,9,12H,2-3,8,10H2,1H3,(H,16,19)(H,18,20)/b17-9-/t12-/m0/s1. The maximum absolute atomic E-state index is 11.6. The fourth-order valence-corrected chi connectivity index (χ4v) is 2.41. The van der Waals surface area contributed by atoms with Crippen molar-refractivity contribution < 1.29 is 14.3 Å². The lowest BCUT2D eigenvalue weighted by atomic mass is 10.2. The lowest BCUT2D eigenvalue weighted by Gasteiger charge is -2.09. The van der Waals surface area contributed by atoms with E-state index in [0.29, 0.717) is 13.2 Å². The van der Waals surface area contributed by atoms with E-state index in [0.717, 1.165) is 23.3 Å². The molecule has 1 aromatic carbocycles. The fraction of sp³-hybridized carbons (Fsp3) is 0.400. The molecule has 1 fully saturated rings. The number of hydrogen-bond acceptors (Lipinski definition) is 5. The summed E-state index contributed by atoms with van der Waals surface area (Å²) >= 11 is 1.65. The van der Waals surface area contributed by atoms with Crippen LogP contribution in [0.4, 0.5) is 0 Å². The summed E-state index contributed by atoms with van der Waals surface area (Å²) in [7, 11) is 0. The highest BCUT2D eigenvalue weighted by Crippen LogP contribution is 2.13. The van der Waals surface area contributed by atoms with Crippen LogP contribution < -0.4 is 10.7 Å². The molecule has 1 saturated heterocycles. The molecule has 118 valence electrons. The van der Waals surface area contributed by atoms with Gasteiger partial charge in [0.2, 0.25) is 0 Å². The van der Waals surface area contributed by atoms with Gasteiger partial charge in [0.1, 0.15) is 0 Å². The van der Waals surface area contributed by atoms with Crippen LogP contribution in [0.5, 0.6) is 0 Å². The second-order valence-electron chi connectivity index (χ2n) is 4.82. The Bertz CT molecular complexity index is 539. The number of nitrogens with one attached hydrogen (secondary N) is 2. The summed E-state index contributed by atoms with van der Waals surface area (Å²) in [5, 5.41) is 6.31. The molecule has 0 bridgehead atoms. The number of ether oxygens (including phenoxy) is 1. The number of carbonyl (C=O) groups is 2. The van der Waals surface area contributed by atoms with E-state index in [1.807, 2.05) is 30.5 Å². The molecule has 0 aromatic heterocycles. The van der Waals surface area contributed by atoms with Crippen molar-refractivity contribution >= 4 is 29.8 Å². The average Bonchev–Trinajstić information content (AvgIpc) is 3.06. The van der Waals surface area contributed by atoms with Crippen LogP contribution in [-0.4, -0.2) is 43.5 Å². The first-order valence-corrected chi connectivity index (χ1v) is 8.28. The molecular weight excluding hydrogens is 302 g/mol. The summed E-state index contributed by atoms with van der Waals surface area (Å²) < 4.78 is 5.36. The van der Waals surface area contributed by atoms with E-state index in [4.69, 9.17) is 4.74 Å². The first kappa shape index (κ1) is 16.5. The summed E-state index contributed by atoms with van der Waals surface area (Å²) in [5.41, 5.74) is 3.05. The van der Waals surface area contributed by atoms with Crippen molar-refractivity contribution in [2.75, 3.05) is 19.4 Å². The molecule has 0 saturated carbocycles. The second-order valence-corrected chi connectivity index (χ2v) is 5.70. The molecule has 0 unspecified atom stereocenters. The molecule has 0 spiro atoms. The molecule has 22 heavy (non-hydrogen) atoms.